The highest BCUT2D eigenvalue weighted by atomic mass is 16.2. The second kappa shape index (κ2) is 10.7. The van der Waals surface area contributed by atoms with Gasteiger partial charge in [0.2, 0.25) is 29.5 Å². The molecule has 1 saturated heterocycles. The maximum absolute atomic E-state index is 12.2. The molecule has 5 amide bonds. The Kier molecular flexibility index (Phi) is 9.02. The molecule has 1 aliphatic rings. The summed E-state index contributed by atoms with van der Waals surface area (Å²) in [6.07, 6.45) is 0. The van der Waals surface area contributed by atoms with E-state index in [4.69, 9.17) is 0 Å². The normalized spacial score (nSPS) is 33.9. The van der Waals surface area contributed by atoms with Gasteiger partial charge in [0.25, 0.3) is 0 Å². The van der Waals surface area contributed by atoms with Gasteiger partial charge in [0.05, 0.1) is 6.04 Å². The van der Waals surface area contributed by atoms with E-state index in [1.165, 1.54) is 27.7 Å². The molecular formula is C18H32N6O5. The van der Waals surface area contributed by atoms with Crippen LogP contribution in [0.3, 0.4) is 0 Å². The second-order valence-electron chi connectivity index (χ2n) is 7.46. The predicted molar refractivity (Wildman–Crippen MR) is 105 cm³/mol. The van der Waals surface area contributed by atoms with Gasteiger partial charge in [-0.2, -0.15) is 0 Å². The molecule has 6 atom stereocenters. The number of amides is 5. The van der Waals surface area contributed by atoms with Crippen LogP contribution in [0.25, 0.3) is 0 Å². The number of carbonyl (C=O) groups is 5. The summed E-state index contributed by atoms with van der Waals surface area (Å²) in [6.45, 7) is 9.67. The summed E-state index contributed by atoms with van der Waals surface area (Å²) in [5.41, 5.74) is 0. The van der Waals surface area contributed by atoms with Gasteiger partial charge in [-0.1, -0.05) is 0 Å². The van der Waals surface area contributed by atoms with Crippen LogP contribution in [0.15, 0.2) is 0 Å². The van der Waals surface area contributed by atoms with Crippen molar-refractivity contribution < 1.29 is 24.0 Å². The molecule has 1 aliphatic heterocycles. The van der Waals surface area contributed by atoms with Crippen molar-refractivity contribution in [2.75, 3.05) is 6.54 Å². The van der Waals surface area contributed by atoms with Crippen LogP contribution in [0.2, 0.25) is 0 Å². The standard InChI is InChI=1S/C18H32N6O5/c1-8-7-19-9(2)14(25)21-11(4)16(27)23-13(6)18(29)24-12(5)17(28)22-10(3)15(26)20-8/h8-13,19H,7H2,1-6H3,(H,20,26)(H,21,25)(H,22,28)(H,23,27)(H,24,29). The Morgan fingerprint density at radius 3 is 1.10 bits per heavy atom. The maximum Gasteiger partial charge on any atom is 0.242 e. The molecule has 11 heteroatoms. The Morgan fingerprint density at radius 1 is 0.483 bits per heavy atom. The topological polar surface area (TPSA) is 158 Å². The van der Waals surface area contributed by atoms with Gasteiger partial charge in [-0.3, -0.25) is 24.0 Å². The summed E-state index contributed by atoms with van der Waals surface area (Å²) in [7, 11) is 0. The van der Waals surface area contributed by atoms with E-state index in [0.717, 1.165) is 0 Å². The molecule has 0 spiro atoms. The van der Waals surface area contributed by atoms with E-state index in [2.05, 4.69) is 31.9 Å². The lowest BCUT2D eigenvalue weighted by atomic mass is 10.2. The molecule has 0 aromatic carbocycles. The molecule has 6 unspecified atom stereocenters. The quantitative estimate of drug-likeness (QED) is 0.258. The molecule has 0 aromatic rings. The van der Waals surface area contributed by atoms with E-state index in [1.54, 1.807) is 13.8 Å². The first-order valence-electron chi connectivity index (χ1n) is 9.67. The van der Waals surface area contributed by atoms with Gasteiger partial charge in [-0.05, 0) is 41.5 Å². The number of hydrogen-bond donors (Lipinski definition) is 6. The molecule has 11 nitrogen and oxygen atoms in total. The van der Waals surface area contributed by atoms with Gasteiger partial charge in [-0.15, -0.1) is 0 Å². The fourth-order valence-electron chi connectivity index (χ4n) is 2.48. The molecule has 1 heterocycles. The molecular weight excluding hydrogens is 380 g/mol. The van der Waals surface area contributed by atoms with Gasteiger partial charge in [0, 0.05) is 12.6 Å². The van der Waals surface area contributed by atoms with Crippen LogP contribution in [0.5, 0.6) is 0 Å². The molecule has 0 aromatic heterocycles. The minimum atomic E-state index is -0.923. The van der Waals surface area contributed by atoms with E-state index in [-0.39, 0.29) is 6.04 Å². The summed E-state index contributed by atoms with van der Waals surface area (Å²) < 4.78 is 0. The minimum Gasteiger partial charge on any atom is -0.351 e. The van der Waals surface area contributed by atoms with Crippen LogP contribution in [-0.4, -0.2) is 72.3 Å². The van der Waals surface area contributed by atoms with Crippen LogP contribution in [-0.2, 0) is 24.0 Å². The lowest BCUT2D eigenvalue weighted by Gasteiger charge is -2.24. The van der Waals surface area contributed by atoms with Crippen molar-refractivity contribution in [3.05, 3.63) is 0 Å². The fraction of sp³-hybridized carbons (Fsp3) is 0.722. The Morgan fingerprint density at radius 2 is 0.759 bits per heavy atom. The minimum absolute atomic E-state index is 0.310. The SMILES string of the molecule is CC1CNC(C)C(=O)NC(C)C(=O)NC(C)C(=O)NC(C)C(=O)NC(C)C(=O)N1. The van der Waals surface area contributed by atoms with Crippen LogP contribution < -0.4 is 31.9 Å². The third-order valence-corrected chi connectivity index (χ3v) is 4.52. The number of rotatable bonds is 0. The third-order valence-electron chi connectivity index (χ3n) is 4.52. The summed E-state index contributed by atoms with van der Waals surface area (Å²) in [6, 6.07) is -4.43. The average molecular weight is 412 g/mol. The number of nitrogens with one attached hydrogen (secondary N) is 6. The summed E-state index contributed by atoms with van der Waals surface area (Å²) in [5, 5.41) is 15.8. The largest absolute Gasteiger partial charge is 0.351 e. The van der Waals surface area contributed by atoms with Gasteiger partial charge in [0.1, 0.15) is 24.2 Å². The van der Waals surface area contributed by atoms with Crippen molar-refractivity contribution in [3.63, 3.8) is 0 Å². The van der Waals surface area contributed by atoms with Gasteiger partial charge >= 0.3 is 0 Å². The Labute approximate surface area is 170 Å². The van der Waals surface area contributed by atoms with Crippen molar-refractivity contribution in [2.24, 2.45) is 0 Å². The number of carbonyl (C=O) groups excluding carboxylic acids is 5. The molecule has 0 bridgehead atoms. The van der Waals surface area contributed by atoms with Gasteiger partial charge < -0.3 is 31.9 Å². The zero-order valence-electron chi connectivity index (χ0n) is 17.7. The predicted octanol–water partition coefficient (Wildman–Crippen LogP) is -2.50. The fourth-order valence-corrected chi connectivity index (χ4v) is 2.48. The highest BCUT2D eigenvalue weighted by Gasteiger charge is 2.26. The average Bonchev–Trinajstić information content (AvgIpc) is 2.64. The van der Waals surface area contributed by atoms with E-state index in [1.807, 2.05) is 0 Å². The smallest absolute Gasteiger partial charge is 0.242 e. The summed E-state index contributed by atoms with van der Waals surface area (Å²) >= 11 is 0. The highest BCUT2D eigenvalue weighted by Crippen LogP contribution is 1.95. The molecule has 164 valence electrons. The number of hydrogen-bond acceptors (Lipinski definition) is 6. The van der Waals surface area contributed by atoms with E-state index in [0.29, 0.717) is 6.54 Å². The van der Waals surface area contributed by atoms with Crippen molar-refractivity contribution in [2.45, 2.75) is 77.8 Å². The second-order valence-corrected chi connectivity index (χ2v) is 7.46. The lowest BCUT2D eigenvalue weighted by Crippen LogP contribution is -2.58. The Hall–Kier alpha value is -2.69. The molecule has 0 radical (unpaired) electrons. The third kappa shape index (κ3) is 7.68. The monoisotopic (exact) mass is 412 g/mol. The molecule has 29 heavy (non-hydrogen) atoms. The van der Waals surface area contributed by atoms with Crippen LogP contribution in [0, 0.1) is 0 Å². The first-order chi connectivity index (χ1) is 13.4. The lowest BCUT2D eigenvalue weighted by molar-refractivity contribution is -0.134. The summed E-state index contributed by atoms with van der Waals surface area (Å²) in [4.78, 5) is 61.2. The van der Waals surface area contributed by atoms with Crippen LogP contribution in [0.1, 0.15) is 41.5 Å². The van der Waals surface area contributed by atoms with Crippen LogP contribution in [0.4, 0.5) is 0 Å². The molecule has 1 fully saturated rings. The van der Waals surface area contributed by atoms with E-state index < -0.39 is 59.7 Å². The zero-order chi connectivity index (χ0) is 22.3. The van der Waals surface area contributed by atoms with Crippen LogP contribution >= 0.6 is 0 Å². The van der Waals surface area contributed by atoms with E-state index in [9.17, 15) is 24.0 Å². The maximum atomic E-state index is 12.2. The summed E-state index contributed by atoms with van der Waals surface area (Å²) in [5.74, 6) is -2.40. The van der Waals surface area contributed by atoms with Crippen molar-refractivity contribution in [1.82, 2.24) is 31.9 Å². The molecule has 0 aliphatic carbocycles. The van der Waals surface area contributed by atoms with Crippen molar-refractivity contribution in [1.29, 1.82) is 0 Å². The first-order valence-corrected chi connectivity index (χ1v) is 9.67. The van der Waals surface area contributed by atoms with Crippen molar-refractivity contribution >= 4 is 29.5 Å². The van der Waals surface area contributed by atoms with Gasteiger partial charge in [0.15, 0.2) is 0 Å². The zero-order valence-corrected chi connectivity index (χ0v) is 17.7. The molecule has 1 rings (SSSR count). The van der Waals surface area contributed by atoms with Crippen molar-refractivity contribution in [3.8, 4) is 0 Å². The Balaban J connectivity index is 2.95. The highest BCUT2D eigenvalue weighted by molar-refractivity contribution is 5.95. The molecule has 6 N–H and O–H groups in total. The van der Waals surface area contributed by atoms with Gasteiger partial charge in [-0.25, -0.2) is 0 Å². The molecule has 0 saturated carbocycles. The first kappa shape index (κ1) is 24.3. The van der Waals surface area contributed by atoms with E-state index >= 15 is 0 Å². The Bertz CT molecular complexity index is 651.